The molecule has 20 nitrogen and oxygen atoms in total. The Morgan fingerprint density at radius 2 is 1.78 bits per heavy atom. The van der Waals surface area contributed by atoms with Crippen LogP contribution in [0.4, 0.5) is 26.0 Å². The van der Waals surface area contributed by atoms with Crippen LogP contribution in [-0.4, -0.2) is 136 Å². The van der Waals surface area contributed by atoms with Crippen LogP contribution in [0.3, 0.4) is 0 Å². The minimum absolute atomic E-state index is 0.0350. The molecule has 0 bridgehead atoms. The zero-order valence-corrected chi connectivity index (χ0v) is 36.5. The normalized spacial score (nSPS) is 18.4. The number of fused-ring (bicyclic) bond motifs is 1. The number of oxazole rings is 1. The Morgan fingerprint density at radius 3 is 2.57 bits per heavy atom. The van der Waals surface area contributed by atoms with Crippen LogP contribution in [-0.2, 0) is 19.1 Å². The van der Waals surface area contributed by atoms with Gasteiger partial charge < -0.3 is 35.2 Å². The molecule has 68 heavy (non-hydrogen) atoms. The second-order valence-corrected chi connectivity index (χ2v) is 16.7. The summed E-state index contributed by atoms with van der Waals surface area (Å²) in [6, 6.07) is 13.4. The van der Waals surface area contributed by atoms with Crippen LogP contribution in [0.25, 0.3) is 17.1 Å². The van der Waals surface area contributed by atoms with Gasteiger partial charge in [-0.3, -0.25) is 43.9 Å². The molecule has 4 aliphatic rings. The minimum atomic E-state index is -3.01. The number of rotatable bonds is 19. The molecule has 5 aromatic rings. The number of carbonyl (C=O) groups excluding carboxylic acids is 6. The molecule has 354 valence electrons. The fourth-order valence-corrected chi connectivity index (χ4v) is 8.10. The van der Waals surface area contributed by atoms with Gasteiger partial charge in [-0.25, -0.2) is 23.4 Å². The topological polar surface area (TPSA) is 244 Å². The monoisotopic (exact) mass is 935 g/mol. The molecule has 6 amide bonds. The average molecular weight is 936 g/mol. The molecule has 2 atom stereocenters. The van der Waals surface area contributed by atoms with E-state index in [1.807, 2.05) is 0 Å². The maximum absolute atomic E-state index is 14.1. The molecule has 3 aromatic heterocycles. The van der Waals surface area contributed by atoms with E-state index in [1.54, 1.807) is 42.6 Å². The quantitative estimate of drug-likeness (QED) is 0.0583. The maximum Gasteiger partial charge on any atom is 0.284 e. The van der Waals surface area contributed by atoms with Gasteiger partial charge in [0.2, 0.25) is 17.7 Å². The number of nitrogens with one attached hydrogen (secondary N) is 5. The van der Waals surface area contributed by atoms with Gasteiger partial charge >= 0.3 is 0 Å². The summed E-state index contributed by atoms with van der Waals surface area (Å²) in [5, 5.41) is 18.0. The number of amides is 6. The maximum atomic E-state index is 14.1. The lowest BCUT2D eigenvalue weighted by Crippen LogP contribution is -2.54. The van der Waals surface area contributed by atoms with Crippen LogP contribution in [0, 0.1) is 5.92 Å². The summed E-state index contributed by atoms with van der Waals surface area (Å²) < 4.78 is 46.7. The van der Waals surface area contributed by atoms with Crippen LogP contribution < -0.4 is 26.6 Å². The number of piperidine rings is 1. The van der Waals surface area contributed by atoms with Crippen LogP contribution >= 0.6 is 0 Å². The van der Waals surface area contributed by atoms with Crippen LogP contribution in [0.1, 0.15) is 79.4 Å². The predicted octanol–water partition coefficient (Wildman–Crippen LogP) is 3.89. The first-order valence-electron chi connectivity index (χ1n) is 22.2. The Bertz CT molecular complexity index is 2720. The van der Waals surface area contributed by atoms with Crippen molar-refractivity contribution < 1.29 is 51.4 Å². The zero-order valence-electron chi connectivity index (χ0n) is 36.5. The minimum Gasteiger partial charge on any atom is -0.444 e. The molecule has 1 saturated carbocycles. The largest absolute Gasteiger partial charge is 0.444 e. The number of hydrogen-bond acceptors (Lipinski definition) is 15. The van der Waals surface area contributed by atoms with E-state index in [9.17, 15) is 37.5 Å². The van der Waals surface area contributed by atoms with Crippen LogP contribution in [0.2, 0.25) is 0 Å². The fraction of sp³-hybridized carbons (Fsp3) is 0.370. The van der Waals surface area contributed by atoms with Crippen LogP contribution in [0.15, 0.2) is 77.7 Å². The SMILES string of the molecule is O=C1CCC(N2C(=O)c3cccc(NCCOCCN4CCO[C@@H](CNC(=O)c5ccc(-n6cc(NC(=O)c7coc(-c8ccnc(NCC9CC9)c8)n7)c(C(F)F)n6)cc5)C4)c3C2=O)C(=O)N1. The van der Waals surface area contributed by atoms with Crippen LogP contribution in [0.5, 0.6) is 0 Å². The van der Waals surface area contributed by atoms with E-state index in [0.29, 0.717) is 80.2 Å². The van der Waals surface area contributed by atoms with Crippen molar-refractivity contribution in [3.8, 4) is 17.1 Å². The summed E-state index contributed by atoms with van der Waals surface area (Å²) in [4.78, 5) is 88.4. The first kappa shape index (κ1) is 45.7. The Balaban J connectivity index is 0.709. The highest BCUT2D eigenvalue weighted by Crippen LogP contribution is 2.33. The van der Waals surface area contributed by atoms with E-state index in [-0.39, 0.29) is 59.8 Å². The van der Waals surface area contributed by atoms with Gasteiger partial charge in [-0.2, -0.15) is 5.10 Å². The number of pyridine rings is 1. The lowest BCUT2D eigenvalue weighted by Gasteiger charge is -2.32. The second-order valence-electron chi connectivity index (χ2n) is 16.7. The van der Waals surface area contributed by atoms with Gasteiger partial charge in [0.25, 0.3) is 30.1 Å². The molecule has 0 spiro atoms. The number of halogens is 2. The molecule has 3 aliphatic heterocycles. The van der Waals surface area contributed by atoms with Gasteiger partial charge in [-0.05, 0) is 73.7 Å². The lowest BCUT2D eigenvalue weighted by molar-refractivity contribution is -0.136. The van der Waals surface area contributed by atoms with Crippen molar-refractivity contribution in [2.24, 2.45) is 5.92 Å². The van der Waals surface area contributed by atoms with Gasteiger partial charge in [0, 0.05) is 68.7 Å². The first-order valence-corrected chi connectivity index (χ1v) is 22.2. The third-order valence-corrected chi connectivity index (χ3v) is 11.9. The van der Waals surface area contributed by atoms with Crippen molar-refractivity contribution in [1.29, 1.82) is 0 Å². The lowest BCUT2D eigenvalue weighted by atomic mass is 10.0. The summed E-state index contributed by atoms with van der Waals surface area (Å²) >= 11 is 0. The Morgan fingerprint density at radius 1 is 0.941 bits per heavy atom. The third kappa shape index (κ3) is 10.4. The Labute approximate surface area is 387 Å². The molecular formula is C46H47F2N11O9. The number of aromatic nitrogens is 4. The van der Waals surface area contributed by atoms with Crippen molar-refractivity contribution in [2.75, 3.05) is 75.0 Å². The summed E-state index contributed by atoms with van der Waals surface area (Å²) in [6.45, 7) is 4.36. The smallest absolute Gasteiger partial charge is 0.284 e. The van der Waals surface area contributed by atoms with Gasteiger partial charge in [-0.1, -0.05) is 6.07 Å². The number of hydrogen-bond donors (Lipinski definition) is 5. The number of anilines is 3. The van der Waals surface area contributed by atoms with Crippen molar-refractivity contribution in [1.82, 2.24) is 40.2 Å². The highest BCUT2D eigenvalue weighted by Gasteiger charge is 2.45. The molecule has 3 fully saturated rings. The van der Waals surface area contributed by atoms with E-state index in [4.69, 9.17) is 13.9 Å². The predicted molar refractivity (Wildman–Crippen MR) is 238 cm³/mol. The first-order chi connectivity index (χ1) is 33.0. The molecule has 22 heteroatoms. The van der Waals surface area contributed by atoms with E-state index in [2.05, 4.69) is 46.6 Å². The number of ether oxygens (including phenoxy) is 2. The summed E-state index contributed by atoms with van der Waals surface area (Å²) in [5.41, 5.74) is 1.10. The Hall–Kier alpha value is -7.43. The third-order valence-electron chi connectivity index (χ3n) is 11.9. The highest BCUT2D eigenvalue weighted by atomic mass is 19.3. The number of alkyl halides is 2. The number of imide groups is 2. The standard InChI is InChI=1S/C46H47F2N11O9/c47-40(48)39-33(53-42(62)34-25-68-44(54-34)28-12-13-50-36(20-28)51-21-26-4-5-26)24-58(56-39)29-8-6-27(7-9-29)41(61)52-22-30-23-57(16-19-67-30)15-18-66-17-14-49-32-3-1-2-31-38(32)46(65)59(45(31)64)35-10-11-37(60)55-43(35)63/h1-3,6-9,12-13,20,24-26,30,35,40,49H,4-5,10-11,14-19,21-23H2,(H,50,51)(H,52,61)(H,53,62)(H,55,60,63)/t30-,35?/m0/s1. The van der Waals surface area contributed by atoms with Gasteiger partial charge in [0.05, 0.1) is 54.6 Å². The molecule has 2 aromatic carbocycles. The number of morpholine rings is 1. The highest BCUT2D eigenvalue weighted by molar-refractivity contribution is 6.25. The van der Waals surface area contributed by atoms with E-state index >= 15 is 0 Å². The second kappa shape index (κ2) is 20.2. The van der Waals surface area contributed by atoms with Gasteiger partial charge in [0.15, 0.2) is 11.4 Å². The van der Waals surface area contributed by atoms with Crippen molar-refractivity contribution in [3.63, 3.8) is 0 Å². The van der Waals surface area contributed by atoms with Crippen molar-refractivity contribution in [2.45, 2.75) is 44.3 Å². The Kier molecular flexibility index (Phi) is 13.6. The zero-order chi connectivity index (χ0) is 47.3. The fourth-order valence-electron chi connectivity index (χ4n) is 8.10. The molecule has 1 aliphatic carbocycles. The molecule has 6 heterocycles. The molecule has 1 unspecified atom stereocenters. The van der Waals surface area contributed by atoms with E-state index in [0.717, 1.165) is 17.7 Å². The molecule has 5 N–H and O–H groups in total. The molecule has 9 rings (SSSR count). The van der Waals surface area contributed by atoms with E-state index < -0.39 is 47.7 Å². The average Bonchev–Trinajstić information content (AvgIpc) is 3.74. The number of carbonyl (C=O) groups is 6. The number of benzene rings is 2. The summed E-state index contributed by atoms with van der Waals surface area (Å²) in [6.07, 6.45) is 3.18. The summed E-state index contributed by atoms with van der Waals surface area (Å²) in [7, 11) is 0. The van der Waals surface area contributed by atoms with Gasteiger partial charge in [0.1, 0.15) is 18.1 Å². The molecule has 0 radical (unpaired) electrons. The van der Waals surface area contributed by atoms with Gasteiger partial charge in [-0.15, -0.1) is 0 Å². The summed E-state index contributed by atoms with van der Waals surface area (Å²) in [5.74, 6) is -1.96. The van der Waals surface area contributed by atoms with Crippen molar-refractivity contribution >= 4 is 52.6 Å². The molecule has 2 saturated heterocycles. The van der Waals surface area contributed by atoms with E-state index in [1.165, 1.54) is 41.9 Å². The van der Waals surface area contributed by atoms with Crippen molar-refractivity contribution in [3.05, 3.63) is 101 Å². The number of nitrogens with zero attached hydrogens (tertiary/aromatic N) is 6. The molecular weight excluding hydrogens is 889 g/mol.